The van der Waals surface area contributed by atoms with E-state index in [2.05, 4.69) is 0 Å². The molecular formula is C8H5ClF3NO2. The first-order valence-corrected chi connectivity index (χ1v) is 4.05. The van der Waals surface area contributed by atoms with Crippen molar-refractivity contribution in [1.29, 1.82) is 0 Å². The van der Waals surface area contributed by atoms with Crippen LogP contribution in [0.3, 0.4) is 0 Å². The van der Waals surface area contributed by atoms with Gasteiger partial charge in [0, 0.05) is 11.8 Å². The number of anilines is 1. The Kier molecular flexibility index (Phi) is 3.09. The molecule has 0 spiro atoms. The van der Waals surface area contributed by atoms with Crippen molar-refractivity contribution in [2.45, 2.75) is 6.18 Å². The topological polar surface area (TPSA) is 49.3 Å². The second-order valence-corrected chi connectivity index (χ2v) is 2.85. The maximum Gasteiger partial charge on any atom is 0.416 e. The van der Waals surface area contributed by atoms with E-state index in [0.29, 0.717) is 12.1 Å². The fourth-order valence-electron chi connectivity index (χ4n) is 0.985. The highest BCUT2D eigenvalue weighted by atomic mass is 35.5. The highest BCUT2D eigenvalue weighted by molar-refractivity contribution is 6.25. The van der Waals surface area contributed by atoms with E-state index < -0.39 is 17.7 Å². The Morgan fingerprint density at radius 3 is 2.40 bits per heavy atom. The standard InChI is InChI=1S/C8H5ClF3NO2/c9-13-6-3-4(8(10,11)12)1-2-5(6)7(14)15/h1-3,13H,(H,14,15). The number of alkyl halides is 3. The van der Waals surface area contributed by atoms with E-state index in [9.17, 15) is 18.0 Å². The molecule has 0 atom stereocenters. The van der Waals surface area contributed by atoms with Crippen LogP contribution in [0.5, 0.6) is 0 Å². The molecule has 1 rings (SSSR count). The average molecular weight is 240 g/mol. The van der Waals surface area contributed by atoms with Gasteiger partial charge in [0.1, 0.15) is 0 Å². The third-order valence-corrected chi connectivity index (χ3v) is 1.88. The molecule has 0 bridgehead atoms. The number of halogens is 4. The molecule has 1 aromatic carbocycles. The molecule has 0 aliphatic carbocycles. The fourth-order valence-corrected chi connectivity index (χ4v) is 1.14. The van der Waals surface area contributed by atoms with Crippen LogP contribution in [0.25, 0.3) is 0 Å². The van der Waals surface area contributed by atoms with Crippen LogP contribution in [0, 0.1) is 0 Å². The van der Waals surface area contributed by atoms with Gasteiger partial charge in [-0.15, -0.1) is 0 Å². The number of nitrogens with one attached hydrogen (secondary N) is 1. The summed E-state index contributed by atoms with van der Waals surface area (Å²) in [5, 5.41) is 8.61. The van der Waals surface area contributed by atoms with E-state index in [1.54, 1.807) is 0 Å². The predicted octanol–water partition coefficient (Wildman–Crippen LogP) is 2.97. The van der Waals surface area contributed by atoms with Crippen molar-refractivity contribution >= 4 is 23.4 Å². The molecule has 0 saturated heterocycles. The Hall–Kier alpha value is -1.43. The minimum Gasteiger partial charge on any atom is -0.478 e. The molecule has 2 N–H and O–H groups in total. The van der Waals surface area contributed by atoms with Crippen LogP contribution in [-0.2, 0) is 6.18 Å². The van der Waals surface area contributed by atoms with Gasteiger partial charge in [0.05, 0.1) is 16.8 Å². The van der Waals surface area contributed by atoms with E-state index in [1.165, 1.54) is 0 Å². The van der Waals surface area contributed by atoms with Crippen molar-refractivity contribution in [2.24, 2.45) is 0 Å². The number of carbonyl (C=O) groups is 1. The Labute approximate surface area is 87.6 Å². The smallest absolute Gasteiger partial charge is 0.416 e. The van der Waals surface area contributed by atoms with Gasteiger partial charge in [-0.3, -0.25) is 4.84 Å². The van der Waals surface area contributed by atoms with Gasteiger partial charge >= 0.3 is 12.1 Å². The van der Waals surface area contributed by atoms with E-state index in [-0.39, 0.29) is 11.3 Å². The monoisotopic (exact) mass is 239 g/mol. The lowest BCUT2D eigenvalue weighted by Gasteiger charge is -2.09. The second kappa shape index (κ2) is 3.98. The summed E-state index contributed by atoms with van der Waals surface area (Å²) in [7, 11) is 0. The SMILES string of the molecule is O=C(O)c1ccc(C(F)(F)F)cc1NCl. The quantitative estimate of drug-likeness (QED) is 0.780. The lowest BCUT2D eigenvalue weighted by atomic mass is 10.1. The maximum absolute atomic E-state index is 12.2. The lowest BCUT2D eigenvalue weighted by molar-refractivity contribution is -0.137. The van der Waals surface area contributed by atoms with Gasteiger partial charge in [0.25, 0.3) is 0 Å². The fraction of sp³-hybridized carbons (Fsp3) is 0.125. The minimum absolute atomic E-state index is 0.293. The Bertz CT molecular complexity index is 392. The predicted molar refractivity (Wildman–Crippen MR) is 47.9 cm³/mol. The molecule has 0 aromatic heterocycles. The molecule has 0 heterocycles. The summed E-state index contributed by atoms with van der Waals surface area (Å²) in [4.78, 5) is 12.4. The van der Waals surface area contributed by atoms with Crippen LogP contribution in [0.4, 0.5) is 18.9 Å². The van der Waals surface area contributed by atoms with E-state index in [0.717, 1.165) is 6.07 Å². The lowest BCUT2D eigenvalue weighted by Crippen LogP contribution is -2.08. The maximum atomic E-state index is 12.2. The van der Waals surface area contributed by atoms with Crippen molar-refractivity contribution < 1.29 is 23.1 Å². The molecule has 0 saturated carbocycles. The first kappa shape index (κ1) is 11.6. The number of rotatable bonds is 2. The van der Waals surface area contributed by atoms with Crippen LogP contribution in [-0.4, -0.2) is 11.1 Å². The number of benzene rings is 1. The third-order valence-electron chi connectivity index (χ3n) is 1.68. The minimum atomic E-state index is -4.53. The van der Waals surface area contributed by atoms with Crippen molar-refractivity contribution in [3.63, 3.8) is 0 Å². The summed E-state index contributed by atoms with van der Waals surface area (Å²) in [6, 6.07) is 2.16. The Morgan fingerprint density at radius 2 is 2.00 bits per heavy atom. The molecular weight excluding hydrogens is 235 g/mol. The molecule has 7 heteroatoms. The molecule has 0 amide bonds. The van der Waals surface area contributed by atoms with Gasteiger partial charge in [-0.05, 0) is 18.2 Å². The van der Waals surface area contributed by atoms with Crippen LogP contribution in [0.15, 0.2) is 18.2 Å². The number of carboxylic acids is 1. The number of hydrogen-bond donors (Lipinski definition) is 2. The zero-order valence-corrected chi connectivity index (χ0v) is 7.86. The molecule has 82 valence electrons. The summed E-state index contributed by atoms with van der Waals surface area (Å²) in [5.41, 5.74) is -1.58. The highest BCUT2D eigenvalue weighted by Crippen LogP contribution is 2.32. The van der Waals surface area contributed by atoms with Crippen molar-refractivity contribution in [3.8, 4) is 0 Å². The van der Waals surface area contributed by atoms with Crippen LogP contribution < -0.4 is 4.84 Å². The average Bonchev–Trinajstić information content (AvgIpc) is 2.15. The number of carboxylic acid groups (broad SMARTS) is 1. The summed E-state index contributed by atoms with van der Waals surface area (Å²) < 4.78 is 36.7. The van der Waals surface area contributed by atoms with Gasteiger partial charge in [-0.2, -0.15) is 13.2 Å². The third kappa shape index (κ3) is 2.53. The summed E-state index contributed by atoms with van der Waals surface area (Å²) in [6.45, 7) is 0. The molecule has 0 aliphatic heterocycles. The van der Waals surface area contributed by atoms with Crippen molar-refractivity contribution in [2.75, 3.05) is 4.84 Å². The van der Waals surface area contributed by atoms with Crippen LogP contribution >= 0.6 is 11.8 Å². The summed E-state index contributed by atoms with van der Waals surface area (Å²) in [5.74, 6) is -1.35. The molecule has 0 fully saturated rings. The van der Waals surface area contributed by atoms with E-state index >= 15 is 0 Å². The van der Waals surface area contributed by atoms with Crippen LogP contribution in [0.2, 0.25) is 0 Å². The zero-order valence-electron chi connectivity index (χ0n) is 7.10. The van der Waals surface area contributed by atoms with Gasteiger partial charge < -0.3 is 5.11 Å². The van der Waals surface area contributed by atoms with Crippen LogP contribution in [0.1, 0.15) is 15.9 Å². The van der Waals surface area contributed by atoms with E-state index in [1.807, 2.05) is 4.84 Å². The zero-order chi connectivity index (χ0) is 11.6. The molecule has 1 aromatic rings. The summed E-state index contributed by atoms with van der Waals surface area (Å²) >= 11 is 5.12. The second-order valence-electron chi connectivity index (χ2n) is 2.66. The molecule has 0 aliphatic rings. The molecule has 0 radical (unpaired) electrons. The van der Waals surface area contributed by atoms with Crippen molar-refractivity contribution in [3.05, 3.63) is 29.3 Å². The van der Waals surface area contributed by atoms with Gasteiger partial charge in [-0.1, -0.05) is 0 Å². The molecule has 3 nitrogen and oxygen atoms in total. The molecule has 15 heavy (non-hydrogen) atoms. The van der Waals surface area contributed by atoms with Gasteiger partial charge in [-0.25, -0.2) is 4.79 Å². The van der Waals surface area contributed by atoms with Crippen molar-refractivity contribution in [1.82, 2.24) is 0 Å². The largest absolute Gasteiger partial charge is 0.478 e. The van der Waals surface area contributed by atoms with Gasteiger partial charge in [0.15, 0.2) is 0 Å². The summed E-state index contributed by atoms with van der Waals surface area (Å²) in [6.07, 6.45) is -4.53. The Morgan fingerprint density at radius 1 is 1.40 bits per heavy atom. The molecule has 0 unspecified atom stereocenters. The van der Waals surface area contributed by atoms with Gasteiger partial charge in [0.2, 0.25) is 0 Å². The first-order valence-electron chi connectivity index (χ1n) is 3.67. The first-order chi connectivity index (χ1) is 6.86. The van der Waals surface area contributed by atoms with E-state index in [4.69, 9.17) is 16.9 Å². The highest BCUT2D eigenvalue weighted by Gasteiger charge is 2.31. The number of hydrogen-bond acceptors (Lipinski definition) is 2. The normalized spacial score (nSPS) is 11.2. The Balaban J connectivity index is 3.25. The number of aromatic carboxylic acids is 1.